The molecule has 1 N–H and O–H groups in total. The standard InChI is InChI=1S/C14H14FNO/c15-14-8-6-13(7-9-14)11-16(17)10-12-4-2-1-3-5-12/h1-9,17H,10-11H2. The molecule has 0 aliphatic heterocycles. The van der Waals surface area contributed by atoms with Gasteiger partial charge in [0.05, 0.1) is 0 Å². The molecule has 2 nitrogen and oxygen atoms in total. The average Bonchev–Trinajstić information content (AvgIpc) is 2.33. The van der Waals surface area contributed by atoms with Gasteiger partial charge in [-0.05, 0) is 23.3 Å². The van der Waals surface area contributed by atoms with Gasteiger partial charge < -0.3 is 5.21 Å². The predicted octanol–water partition coefficient (Wildman–Crippen LogP) is 3.22. The molecule has 3 heteroatoms. The topological polar surface area (TPSA) is 23.5 Å². The molecule has 2 aromatic rings. The molecule has 0 spiro atoms. The lowest BCUT2D eigenvalue weighted by molar-refractivity contribution is -0.108. The van der Waals surface area contributed by atoms with Gasteiger partial charge in [-0.15, -0.1) is 0 Å². The second-order valence-electron chi connectivity index (χ2n) is 3.93. The summed E-state index contributed by atoms with van der Waals surface area (Å²) < 4.78 is 12.7. The summed E-state index contributed by atoms with van der Waals surface area (Å²) in [6.45, 7) is 0.841. The molecule has 0 saturated carbocycles. The lowest BCUT2D eigenvalue weighted by atomic mass is 10.2. The van der Waals surface area contributed by atoms with Gasteiger partial charge in [0.2, 0.25) is 0 Å². The van der Waals surface area contributed by atoms with E-state index in [1.807, 2.05) is 30.3 Å². The van der Waals surface area contributed by atoms with Crippen molar-refractivity contribution in [3.63, 3.8) is 0 Å². The van der Waals surface area contributed by atoms with Crippen molar-refractivity contribution in [1.82, 2.24) is 5.06 Å². The highest BCUT2D eigenvalue weighted by Crippen LogP contribution is 2.08. The summed E-state index contributed by atoms with van der Waals surface area (Å²) in [6, 6.07) is 15.8. The maximum atomic E-state index is 12.7. The molecule has 0 unspecified atom stereocenters. The minimum absolute atomic E-state index is 0.263. The summed E-state index contributed by atoms with van der Waals surface area (Å²) >= 11 is 0. The third-order valence-corrected chi connectivity index (χ3v) is 2.49. The maximum Gasteiger partial charge on any atom is 0.123 e. The second-order valence-corrected chi connectivity index (χ2v) is 3.93. The Morgan fingerprint density at radius 3 is 1.94 bits per heavy atom. The van der Waals surface area contributed by atoms with Gasteiger partial charge in [0, 0.05) is 13.1 Å². The van der Waals surface area contributed by atoms with Crippen molar-refractivity contribution in [2.45, 2.75) is 13.1 Å². The average molecular weight is 231 g/mol. The van der Waals surface area contributed by atoms with E-state index in [1.165, 1.54) is 17.2 Å². The zero-order chi connectivity index (χ0) is 12.1. The highest BCUT2D eigenvalue weighted by atomic mass is 19.1. The molecule has 0 saturated heterocycles. The van der Waals surface area contributed by atoms with E-state index in [1.54, 1.807) is 12.1 Å². The number of hydrogen-bond donors (Lipinski definition) is 1. The van der Waals surface area contributed by atoms with Gasteiger partial charge in [-0.25, -0.2) is 4.39 Å². The summed E-state index contributed by atoms with van der Waals surface area (Å²) in [4.78, 5) is 0. The van der Waals surface area contributed by atoms with Crippen LogP contribution in [0.1, 0.15) is 11.1 Å². The molecule has 2 aromatic carbocycles. The third kappa shape index (κ3) is 3.66. The van der Waals surface area contributed by atoms with Crippen molar-refractivity contribution in [2.75, 3.05) is 0 Å². The summed E-state index contributed by atoms with van der Waals surface area (Å²) in [5.74, 6) is -0.263. The van der Waals surface area contributed by atoms with Crippen LogP contribution in [0.15, 0.2) is 54.6 Å². The summed E-state index contributed by atoms with van der Waals surface area (Å²) in [5, 5.41) is 11.0. The van der Waals surface area contributed by atoms with Crippen LogP contribution in [0.3, 0.4) is 0 Å². The van der Waals surface area contributed by atoms with E-state index in [2.05, 4.69) is 0 Å². The first kappa shape index (κ1) is 11.8. The highest BCUT2D eigenvalue weighted by molar-refractivity contribution is 5.17. The largest absolute Gasteiger partial charge is 0.313 e. The number of benzene rings is 2. The molecule has 0 bridgehead atoms. The van der Waals surface area contributed by atoms with Crippen LogP contribution in [-0.4, -0.2) is 10.3 Å². The lowest BCUT2D eigenvalue weighted by Gasteiger charge is -2.14. The van der Waals surface area contributed by atoms with Gasteiger partial charge in [0.1, 0.15) is 5.82 Å². The zero-order valence-electron chi connectivity index (χ0n) is 9.38. The number of halogens is 1. The van der Waals surface area contributed by atoms with Crippen LogP contribution in [0.4, 0.5) is 4.39 Å². The molecule has 0 radical (unpaired) electrons. The van der Waals surface area contributed by atoms with E-state index in [9.17, 15) is 9.60 Å². The van der Waals surface area contributed by atoms with E-state index in [0.717, 1.165) is 11.1 Å². The molecule has 0 fully saturated rings. The Kier molecular flexibility index (Phi) is 3.85. The fourth-order valence-electron chi connectivity index (χ4n) is 1.65. The number of nitrogens with zero attached hydrogens (tertiary/aromatic N) is 1. The summed E-state index contributed by atoms with van der Waals surface area (Å²) in [7, 11) is 0. The predicted molar refractivity (Wildman–Crippen MR) is 63.9 cm³/mol. The van der Waals surface area contributed by atoms with Crippen molar-refractivity contribution in [2.24, 2.45) is 0 Å². The molecule has 17 heavy (non-hydrogen) atoms. The minimum atomic E-state index is -0.263. The first-order chi connectivity index (χ1) is 8.24. The molecule has 0 heterocycles. The fraction of sp³-hybridized carbons (Fsp3) is 0.143. The van der Waals surface area contributed by atoms with Gasteiger partial charge in [-0.2, -0.15) is 5.06 Å². The van der Waals surface area contributed by atoms with Crippen LogP contribution >= 0.6 is 0 Å². The maximum absolute atomic E-state index is 12.7. The van der Waals surface area contributed by atoms with Crippen LogP contribution in [-0.2, 0) is 13.1 Å². The number of rotatable bonds is 4. The van der Waals surface area contributed by atoms with Gasteiger partial charge in [-0.1, -0.05) is 42.5 Å². The number of hydroxylamine groups is 2. The first-order valence-corrected chi connectivity index (χ1v) is 5.46. The Labute approximate surface area is 99.9 Å². The molecule has 0 aromatic heterocycles. The molecule has 0 atom stereocenters. The second kappa shape index (κ2) is 5.57. The molecule has 2 rings (SSSR count). The highest BCUT2D eigenvalue weighted by Gasteiger charge is 2.03. The molecule has 0 aliphatic rings. The van der Waals surface area contributed by atoms with Gasteiger partial charge in [-0.3, -0.25) is 0 Å². The molecular formula is C14H14FNO. The van der Waals surface area contributed by atoms with Crippen molar-refractivity contribution in [3.8, 4) is 0 Å². The van der Waals surface area contributed by atoms with Crippen LogP contribution < -0.4 is 0 Å². The van der Waals surface area contributed by atoms with Gasteiger partial charge in [0.15, 0.2) is 0 Å². The van der Waals surface area contributed by atoms with Crippen molar-refractivity contribution in [3.05, 3.63) is 71.5 Å². The monoisotopic (exact) mass is 231 g/mol. The van der Waals surface area contributed by atoms with Crippen molar-refractivity contribution in [1.29, 1.82) is 0 Å². The molecule has 88 valence electrons. The SMILES string of the molecule is ON(Cc1ccccc1)Cc1ccc(F)cc1. The van der Waals surface area contributed by atoms with E-state index in [-0.39, 0.29) is 5.82 Å². The lowest BCUT2D eigenvalue weighted by Crippen LogP contribution is -2.17. The van der Waals surface area contributed by atoms with E-state index < -0.39 is 0 Å². The van der Waals surface area contributed by atoms with Crippen LogP contribution in [0.25, 0.3) is 0 Å². The quantitative estimate of drug-likeness (QED) is 0.817. The van der Waals surface area contributed by atoms with E-state index in [0.29, 0.717) is 13.1 Å². The molecular weight excluding hydrogens is 217 g/mol. The van der Waals surface area contributed by atoms with Crippen LogP contribution in [0.5, 0.6) is 0 Å². The number of hydrogen-bond acceptors (Lipinski definition) is 2. The Morgan fingerprint density at radius 1 is 0.824 bits per heavy atom. The summed E-state index contributed by atoms with van der Waals surface area (Å²) in [6.07, 6.45) is 0. The fourth-order valence-corrected chi connectivity index (χ4v) is 1.65. The van der Waals surface area contributed by atoms with Crippen LogP contribution in [0, 0.1) is 5.82 Å². The smallest absolute Gasteiger partial charge is 0.123 e. The summed E-state index contributed by atoms with van der Waals surface area (Å²) in [5.41, 5.74) is 1.92. The Bertz CT molecular complexity index is 455. The van der Waals surface area contributed by atoms with Gasteiger partial charge >= 0.3 is 0 Å². The third-order valence-electron chi connectivity index (χ3n) is 2.49. The van der Waals surface area contributed by atoms with Crippen LogP contribution in [0.2, 0.25) is 0 Å². The normalized spacial score (nSPS) is 10.8. The first-order valence-electron chi connectivity index (χ1n) is 5.46. The van der Waals surface area contributed by atoms with E-state index in [4.69, 9.17) is 0 Å². The Balaban J connectivity index is 1.93. The van der Waals surface area contributed by atoms with Gasteiger partial charge in [0.25, 0.3) is 0 Å². The van der Waals surface area contributed by atoms with Crippen molar-refractivity contribution < 1.29 is 9.60 Å². The minimum Gasteiger partial charge on any atom is -0.313 e. The Morgan fingerprint density at radius 2 is 1.35 bits per heavy atom. The van der Waals surface area contributed by atoms with Crippen molar-refractivity contribution >= 4 is 0 Å². The van der Waals surface area contributed by atoms with E-state index >= 15 is 0 Å². The molecule has 0 aliphatic carbocycles. The Hall–Kier alpha value is -1.71. The zero-order valence-corrected chi connectivity index (χ0v) is 9.38. The molecule has 0 amide bonds.